The van der Waals surface area contributed by atoms with E-state index in [-0.39, 0.29) is 19.0 Å². The monoisotopic (exact) mass is 430 g/mol. The molecule has 31 heavy (non-hydrogen) atoms. The highest BCUT2D eigenvalue weighted by atomic mass is 19.1. The molecule has 2 fully saturated rings. The summed E-state index contributed by atoms with van der Waals surface area (Å²) >= 11 is 0. The van der Waals surface area contributed by atoms with Gasteiger partial charge in [0.2, 0.25) is 0 Å². The molecular weight excluding hydrogens is 399 g/mol. The maximum absolute atomic E-state index is 13.5. The Morgan fingerprint density at radius 1 is 0.968 bits per heavy atom. The fourth-order valence-corrected chi connectivity index (χ4v) is 4.38. The van der Waals surface area contributed by atoms with Crippen molar-refractivity contribution in [1.82, 2.24) is 4.90 Å². The summed E-state index contributed by atoms with van der Waals surface area (Å²) in [5.74, 6) is 0.454. The van der Waals surface area contributed by atoms with Crippen molar-refractivity contribution in [1.29, 1.82) is 0 Å². The third-order valence-electron chi connectivity index (χ3n) is 6.08. The highest BCUT2D eigenvalue weighted by molar-refractivity contribution is 5.47. The standard InChI is InChI=1S/C24H31FN2O4/c25-20-5-4-6-21(15-20)27-11-9-23(28,10-12-27)16-26-13-14-30-18-24(29,17-26)19-31-22-7-2-1-3-8-22/h1-8,15,28-29H,9-14,16-19H2. The van der Waals surface area contributed by atoms with E-state index in [9.17, 15) is 14.6 Å². The molecule has 2 N–H and O–H groups in total. The Bertz CT molecular complexity index is 844. The van der Waals surface area contributed by atoms with Gasteiger partial charge in [-0.1, -0.05) is 24.3 Å². The number of piperidine rings is 1. The van der Waals surface area contributed by atoms with Crippen molar-refractivity contribution in [3.05, 3.63) is 60.4 Å². The van der Waals surface area contributed by atoms with Crippen molar-refractivity contribution in [2.24, 2.45) is 0 Å². The summed E-state index contributed by atoms with van der Waals surface area (Å²) in [6, 6.07) is 16.0. The maximum Gasteiger partial charge on any atom is 0.134 e. The van der Waals surface area contributed by atoms with Crippen LogP contribution >= 0.6 is 0 Å². The number of para-hydroxylation sites is 1. The van der Waals surface area contributed by atoms with Crippen molar-refractivity contribution in [2.75, 3.05) is 57.4 Å². The van der Waals surface area contributed by atoms with Gasteiger partial charge in [0.05, 0.1) is 18.8 Å². The molecule has 0 radical (unpaired) electrons. The molecule has 2 aliphatic heterocycles. The van der Waals surface area contributed by atoms with Crippen LogP contribution in [0.1, 0.15) is 12.8 Å². The van der Waals surface area contributed by atoms with Gasteiger partial charge in [0.15, 0.2) is 0 Å². The van der Waals surface area contributed by atoms with E-state index in [4.69, 9.17) is 9.47 Å². The molecule has 6 nitrogen and oxygen atoms in total. The van der Waals surface area contributed by atoms with Gasteiger partial charge in [-0.3, -0.25) is 4.90 Å². The molecule has 2 saturated heterocycles. The van der Waals surface area contributed by atoms with Crippen LogP contribution in [-0.2, 0) is 4.74 Å². The van der Waals surface area contributed by atoms with Crippen LogP contribution in [0, 0.1) is 5.82 Å². The average Bonchev–Trinajstić information content (AvgIpc) is 2.94. The number of β-amino-alcohol motifs (C(OH)–C–C–N with tert-alkyl or cyclic N) is 2. The smallest absolute Gasteiger partial charge is 0.134 e. The highest BCUT2D eigenvalue weighted by Crippen LogP contribution is 2.28. The first-order chi connectivity index (χ1) is 14.9. The van der Waals surface area contributed by atoms with Crippen molar-refractivity contribution < 1.29 is 24.1 Å². The van der Waals surface area contributed by atoms with Gasteiger partial charge < -0.3 is 24.6 Å². The first kappa shape index (κ1) is 22.0. The van der Waals surface area contributed by atoms with E-state index < -0.39 is 11.2 Å². The first-order valence-electron chi connectivity index (χ1n) is 10.9. The zero-order valence-corrected chi connectivity index (χ0v) is 17.8. The number of nitrogens with zero attached hydrogens (tertiary/aromatic N) is 2. The normalized spacial score (nSPS) is 24.5. The lowest BCUT2D eigenvalue weighted by Crippen LogP contribution is -2.55. The fourth-order valence-electron chi connectivity index (χ4n) is 4.38. The molecule has 7 heteroatoms. The third-order valence-corrected chi connectivity index (χ3v) is 6.08. The predicted octanol–water partition coefficient (Wildman–Crippen LogP) is 2.30. The molecule has 0 saturated carbocycles. The number of aliphatic hydroxyl groups is 2. The topological polar surface area (TPSA) is 65.4 Å². The third kappa shape index (κ3) is 5.95. The van der Waals surface area contributed by atoms with Gasteiger partial charge in [0, 0.05) is 38.4 Å². The van der Waals surface area contributed by atoms with Crippen molar-refractivity contribution >= 4 is 5.69 Å². The van der Waals surface area contributed by atoms with Crippen LogP contribution in [0.5, 0.6) is 5.75 Å². The Balaban J connectivity index is 1.33. The van der Waals surface area contributed by atoms with E-state index >= 15 is 0 Å². The summed E-state index contributed by atoms with van der Waals surface area (Å²) in [6.07, 6.45) is 1.17. The van der Waals surface area contributed by atoms with Gasteiger partial charge >= 0.3 is 0 Å². The van der Waals surface area contributed by atoms with Crippen LogP contribution in [0.15, 0.2) is 54.6 Å². The minimum Gasteiger partial charge on any atom is -0.490 e. The van der Waals surface area contributed by atoms with Gasteiger partial charge in [0.1, 0.15) is 23.8 Å². The molecule has 1 unspecified atom stereocenters. The second-order valence-electron chi connectivity index (χ2n) is 8.78. The second kappa shape index (κ2) is 9.53. The minimum atomic E-state index is -1.15. The van der Waals surface area contributed by atoms with Gasteiger partial charge in [-0.2, -0.15) is 0 Å². The number of benzene rings is 2. The molecule has 0 bridgehead atoms. The summed E-state index contributed by atoms with van der Waals surface area (Å²) in [6.45, 7) is 3.61. The van der Waals surface area contributed by atoms with Crippen LogP contribution in [0.25, 0.3) is 0 Å². The molecule has 2 heterocycles. The first-order valence-corrected chi connectivity index (χ1v) is 10.9. The number of rotatable bonds is 6. The largest absolute Gasteiger partial charge is 0.490 e. The lowest BCUT2D eigenvalue weighted by atomic mass is 9.90. The molecule has 2 aliphatic rings. The summed E-state index contributed by atoms with van der Waals surface area (Å²) < 4.78 is 25.0. The highest BCUT2D eigenvalue weighted by Gasteiger charge is 2.39. The molecule has 0 spiro atoms. The summed E-state index contributed by atoms with van der Waals surface area (Å²) in [4.78, 5) is 4.17. The van der Waals surface area contributed by atoms with E-state index in [0.717, 1.165) is 5.69 Å². The fraction of sp³-hybridized carbons (Fsp3) is 0.500. The SMILES string of the molecule is OC1(CN2CCOCC(O)(COc3ccccc3)C2)CCN(c2cccc(F)c2)CC1. The predicted molar refractivity (Wildman–Crippen MR) is 117 cm³/mol. The maximum atomic E-state index is 13.5. The molecule has 1 atom stereocenters. The second-order valence-corrected chi connectivity index (χ2v) is 8.78. The van der Waals surface area contributed by atoms with Crippen LogP contribution in [0.3, 0.4) is 0 Å². The van der Waals surface area contributed by atoms with Crippen molar-refractivity contribution in [2.45, 2.75) is 24.0 Å². The van der Waals surface area contributed by atoms with E-state index in [1.54, 1.807) is 6.07 Å². The number of halogens is 1. The Morgan fingerprint density at radius 2 is 1.74 bits per heavy atom. The molecule has 2 aromatic carbocycles. The summed E-state index contributed by atoms with van der Waals surface area (Å²) in [5.41, 5.74) is -1.15. The molecular formula is C24H31FN2O4. The molecule has 0 amide bonds. The minimum absolute atomic E-state index is 0.124. The van der Waals surface area contributed by atoms with E-state index in [1.807, 2.05) is 36.4 Å². The Hall–Kier alpha value is -2.19. The molecule has 168 valence electrons. The van der Waals surface area contributed by atoms with Gasteiger partial charge in [-0.05, 0) is 43.2 Å². The Morgan fingerprint density at radius 3 is 2.48 bits per heavy atom. The van der Waals surface area contributed by atoms with Crippen molar-refractivity contribution in [3.63, 3.8) is 0 Å². The zero-order chi connectivity index (χ0) is 21.7. The number of hydrogen-bond donors (Lipinski definition) is 2. The van der Waals surface area contributed by atoms with Gasteiger partial charge in [-0.25, -0.2) is 4.39 Å². The zero-order valence-electron chi connectivity index (χ0n) is 17.8. The summed E-state index contributed by atoms with van der Waals surface area (Å²) in [7, 11) is 0. The molecule has 4 rings (SSSR count). The summed E-state index contributed by atoms with van der Waals surface area (Å²) in [5, 5.41) is 22.3. The molecule has 0 aromatic heterocycles. The van der Waals surface area contributed by atoms with E-state index in [1.165, 1.54) is 12.1 Å². The average molecular weight is 431 g/mol. The molecule has 0 aliphatic carbocycles. The van der Waals surface area contributed by atoms with Gasteiger partial charge in [0.25, 0.3) is 0 Å². The quantitative estimate of drug-likeness (QED) is 0.733. The molecule has 2 aromatic rings. The van der Waals surface area contributed by atoms with Crippen LogP contribution in [0.4, 0.5) is 10.1 Å². The van der Waals surface area contributed by atoms with Crippen LogP contribution in [-0.4, -0.2) is 78.9 Å². The van der Waals surface area contributed by atoms with Crippen molar-refractivity contribution in [3.8, 4) is 5.75 Å². The van der Waals surface area contributed by atoms with E-state index in [0.29, 0.717) is 57.9 Å². The van der Waals surface area contributed by atoms with Crippen LogP contribution < -0.4 is 9.64 Å². The van der Waals surface area contributed by atoms with Crippen LogP contribution in [0.2, 0.25) is 0 Å². The van der Waals surface area contributed by atoms with Gasteiger partial charge in [-0.15, -0.1) is 0 Å². The Kier molecular flexibility index (Phi) is 6.77. The lowest BCUT2D eigenvalue weighted by molar-refractivity contribution is -0.0742. The number of anilines is 1. The van der Waals surface area contributed by atoms with E-state index in [2.05, 4.69) is 9.80 Å². The lowest BCUT2D eigenvalue weighted by Gasteiger charge is -2.42. The number of hydrogen-bond acceptors (Lipinski definition) is 6. The number of ether oxygens (including phenoxy) is 2. The Labute approximate surface area is 182 Å².